The van der Waals surface area contributed by atoms with Crippen molar-refractivity contribution in [1.29, 1.82) is 0 Å². The van der Waals surface area contributed by atoms with Crippen molar-refractivity contribution in [3.8, 4) is 5.75 Å². The van der Waals surface area contributed by atoms with Crippen molar-refractivity contribution >= 4 is 22.6 Å². The van der Waals surface area contributed by atoms with Gasteiger partial charge in [0.1, 0.15) is 18.5 Å². The summed E-state index contributed by atoms with van der Waals surface area (Å²) >= 11 is 6.05. The molecule has 0 spiro atoms. The lowest BCUT2D eigenvalue weighted by Crippen LogP contribution is -2.10. The minimum atomic E-state index is -0.781. The fourth-order valence-corrected chi connectivity index (χ4v) is 2.30. The van der Waals surface area contributed by atoms with Crippen LogP contribution in [0.1, 0.15) is 11.7 Å². The minimum absolute atomic E-state index is 0.121. The van der Waals surface area contributed by atoms with Crippen molar-refractivity contribution in [2.24, 2.45) is 0 Å². The summed E-state index contributed by atoms with van der Waals surface area (Å²) < 4.78 is 5.61. The first-order chi connectivity index (χ1) is 10.2. The van der Waals surface area contributed by atoms with Crippen LogP contribution < -0.4 is 4.74 Å². The highest BCUT2D eigenvalue weighted by molar-refractivity contribution is 6.31. The van der Waals surface area contributed by atoms with Crippen LogP contribution in [0.5, 0.6) is 5.75 Å². The second-order valence-electron chi connectivity index (χ2n) is 4.56. The third kappa shape index (κ3) is 3.12. The van der Waals surface area contributed by atoms with Crippen molar-refractivity contribution in [3.63, 3.8) is 0 Å². The summed E-state index contributed by atoms with van der Waals surface area (Å²) in [6.45, 7) is 0.121. The zero-order valence-electron chi connectivity index (χ0n) is 11.1. The van der Waals surface area contributed by atoms with Crippen LogP contribution in [0.25, 0.3) is 11.0 Å². The van der Waals surface area contributed by atoms with Crippen LogP contribution >= 0.6 is 11.6 Å². The van der Waals surface area contributed by atoms with Crippen molar-refractivity contribution in [1.82, 2.24) is 9.97 Å². The van der Waals surface area contributed by atoms with Crippen LogP contribution in [-0.2, 0) is 0 Å². The summed E-state index contributed by atoms with van der Waals surface area (Å²) in [5.74, 6) is 0.633. The maximum absolute atomic E-state index is 10.1. The Balaban J connectivity index is 1.73. The molecule has 3 aromatic rings. The van der Waals surface area contributed by atoms with E-state index >= 15 is 0 Å². The molecule has 1 atom stereocenters. The van der Waals surface area contributed by atoms with Crippen LogP contribution in [0.4, 0.5) is 0 Å². The van der Waals surface area contributed by atoms with Gasteiger partial charge in [0.25, 0.3) is 0 Å². The van der Waals surface area contributed by atoms with Gasteiger partial charge in [0.2, 0.25) is 0 Å². The Labute approximate surface area is 127 Å². The van der Waals surface area contributed by atoms with Gasteiger partial charge >= 0.3 is 0 Å². The summed E-state index contributed by atoms with van der Waals surface area (Å²) in [4.78, 5) is 8.41. The summed E-state index contributed by atoms with van der Waals surface area (Å²) in [5, 5.41) is 10.7. The smallest absolute Gasteiger partial charge is 0.121 e. The lowest BCUT2D eigenvalue weighted by Gasteiger charge is -2.14. The molecule has 2 aromatic carbocycles. The number of nitrogens with zero attached hydrogens (tertiary/aromatic N) is 2. The van der Waals surface area contributed by atoms with E-state index in [2.05, 4.69) is 9.97 Å². The Morgan fingerprint density at radius 2 is 1.81 bits per heavy atom. The zero-order chi connectivity index (χ0) is 14.7. The number of halogens is 1. The fraction of sp³-hybridized carbons (Fsp3) is 0.125. The van der Waals surface area contributed by atoms with Crippen molar-refractivity contribution in [2.75, 3.05) is 6.61 Å². The highest BCUT2D eigenvalue weighted by atomic mass is 35.5. The first kappa shape index (κ1) is 13.8. The van der Waals surface area contributed by atoms with Crippen molar-refractivity contribution < 1.29 is 9.84 Å². The molecule has 0 radical (unpaired) electrons. The average molecular weight is 301 g/mol. The van der Waals surface area contributed by atoms with Gasteiger partial charge in [0.05, 0.1) is 11.0 Å². The molecule has 0 saturated heterocycles. The van der Waals surface area contributed by atoms with Gasteiger partial charge in [-0.15, -0.1) is 0 Å². The van der Waals surface area contributed by atoms with Gasteiger partial charge in [-0.2, -0.15) is 0 Å². The van der Waals surface area contributed by atoms with E-state index < -0.39 is 6.10 Å². The molecule has 3 rings (SSSR count). The maximum atomic E-state index is 10.1. The quantitative estimate of drug-likeness (QED) is 0.802. The number of aromatic nitrogens is 2. The molecular weight excluding hydrogens is 288 g/mol. The van der Waals surface area contributed by atoms with Gasteiger partial charge in [0, 0.05) is 29.0 Å². The van der Waals surface area contributed by atoms with Crippen LogP contribution in [0.15, 0.2) is 54.9 Å². The van der Waals surface area contributed by atoms with Crippen molar-refractivity contribution in [2.45, 2.75) is 6.10 Å². The number of aliphatic hydroxyl groups is 1. The summed E-state index contributed by atoms with van der Waals surface area (Å²) in [6, 6.07) is 12.6. The van der Waals surface area contributed by atoms with Crippen LogP contribution in [-0.4, -0.2) is 21.7 Å². The van der Waals surface area contributed by atoms with E-state index in [1.165, 1.54) is 0 Å². The molecule has 0 unspecified atom stereocenters. The second kappa shape index (κ2) is 6.08. The highest BCUT2D eigenvalue weighted by Crippen LogP contribution is 2.24. The largest absolute Gasteiger partial charge is 0.490 e. The standard InChI is InChI=1S/C16H13ClN2O2/c17-13-4-2-1-3-12(13)16(20)10-21-11-5-6-14-15(9-11)19-8-7-18-14/h1-9,16,20H,10H2/t16-/m0/s1. The van der Waals surface area contributed by atoms with E-state index in [0.717, 1.165) is 11.0 Å². The monoisotopic (exact) mass is 300 g/mol. The maximum Gasteiger partial charge on any atom is 0.121 e. The van der Waals surface area contributed by atoms with Crippen LogP contribution in [0.3, 0.4) is 0 Å². The van der Waals surface area contributed by atoms with Gasteiger partial charge < -0.3 is 9.84 Å². The molecule has 0 aliphatic heterocycles. The molecular formula is C16H13ClN2O2. The molecule has 0 bridgehead atoms. The SMILES string of the molecule is O[C@@H](COc1ccc2nccnc2c1)c1ccccc1Cl. The average Bonchev–Trinajstić information content (AvgIpc) is 2.53. The Kier molecular flexibility index (Phi) is 3.99. The number of rotatable bonds is 4. The fourth-order valence-electron chi connectivity index (χ4n) is 2.04. The molecule has 4 nitrogen and oxygen atoms in total. The van der Waals surface area contributed by atoms with Crippen LogP contribution in [0, 0.1) is 0 Å². The number of aliphatic hydroxyl groups excluding tert-OH is 1. The summed E-state index contributed by atoms with van der Waals surface area (Å²) in [7, 11) is 0. The Morgan fingerprint density at radius 3 is 2.62 bits per heavy atom. The molecule has 1 heterocycles. The number of hydrogen-bond donors (Lipinski definition) is 1. The lowest BCUT2D eigenvalue weighted by atomic mass is 10.1. The van der Waals surface area contributed by atoms with E-state index in [0.29, 0.717) is 16.3 Å². The zero-order valence-corrected chi connectivity index (χ0v) is 11.9. The van der Waals surface area contributed by atoms with E-state index in [9.17, 15) is 5.11 Å². The number of fused-ring (bicyclic) bond motifs is 1. The van der Waals surface area contributed by atoms with Gasteiger partial charge in [-0.05, 0) is 18.2 Å². The molecule has 0 amide bonds. The number of hydrogen-bond acceptors (Lipinski definition) is 4. The van der Waals surface area contributed by atoms with Gasteiger partial charge in [-0.25, -0.2) is 0 Å². The molecule has 5 heteroatoms. The second-order valence-corrected chi connectivity index (χ2v) is 4.96. The van der Waals surface area contributed by atoms with E-state index in [1.807, 2.05) is 18.2 Å². The highest BCUT2D eigenvalue weighted by Gasteiger charge is 2.12. The minimum Gasteiger partial charge on any atom is -0.490 e. The first-order valence-corrected chi connectivity index (χ1v) is 6.88. The van der Waals surface area contributed by atoms with Gasteiger partial charge in [0.15, 0.2) is 0 Å². The lowest BCUT2D eigenvalue weighted by molar-refractivity contribution is 0.108. The summed E-state index contributed by atoms with van der Waals surface area (Å²) in [5.41, 5.74) is 2.21. The number of ether oxygens (including phenoxy) is 1. The Hall–Kier alpha value is -2.17. The van der Waals surface area contributed by atoms with Crippen molar-refractivity contribution in [3.05, 3.63) is 65.4 Å². The molecule has 106 valence electrons. The van der Waals surface area contributed by atoms with Gasteiger partial charge in [-0.3, -0.25) is 9.97 Å². The molecule has 0 aliphatic carbocycles. The number of benzene rings is 2. The predicted octanol–water partition coefficient (Wildman–Crippen LogP) is 3.40. The third-order valence-corrected chi connectivity index (χ3v) is 3.46. The normalized spacial score (nSPS) is 12.3. The molecule has 1 N–H and O–H groups in total. The molecule has 0 aliphatic rings. The van der Waals surface area contributed by atoms with E-state index in [-0.39, 0.29) is 6.61 Å². The molecule has 0 fully saturated rings. The topological polar surface area (TPSA) is 55.2 Å². The van der Waals surface area contributed by atoms with E-state index in [4.69, 9.17) is 16.3 Å². The van der Waals surface area contributed by atoms with E-state index in [1.54, 1.807) is 36.7 Å². The molecule has 21 heavy (non-hydrogen) atoms. The predicted molar refractivity (Wildman–Crippen MR) is 81.4 cm³/mol. The Bertz CT molecular complexity index is 764. The molecule has 1 aromatic heterocycles. The molecule has 0 saturated carbocycles. The summed E-state index contributed by atoms with van der Waals surface area (Å²) in [6.07, 6.45) is 2.49. The third-order valence-electron chi connectivity index (χ3n) is 3.11. The van der Waals surface area contributed by atoms with Gasteiger partial charge in [-0.1, -0.05) is 29.8 Å². The Morgan fingerprint density at radius 1 is 1.05 bits per heavy atom. The van der Waals surface area contributed by atoms with Crippen LogP contribution in [0.2, 0.25) is 5.02 Å². The first-order valence-electron chi connectivity index (χ1n) is 6.50.